The Morgan fingerprint density at radius 3 is 2.63 bits per heavy atom. The van der Waals surface area contributed by atoms with Gasteiger partial charge in [-0.3, -0.25) is 0 Å². The average Bonchev–Trinajstić information content (AvgIpc) is 2.43. The van der Waals surface area contributed by atoms with Crippen molar-refractivity contribution in [2.24, 2.45) is 5.73 Å². The summed E-state index contributed by atoms with van der Waals surface area (Å²) >= 11 is 0. The number of unbranched alkanes of at least 4 members (excludes halogenated alkanes) is 1. The lowest BCUT2D eigenvalue weighted by Gasteiger charge is -2.08. The molecule has 5 nitrogen and oxygen atoms in total. The number of anilines is 1. The predicted octanol–water partition coefficient (Wildman–Crippen LogP) is 2.08. The quantitative estimate of drug-likeness (QED) is 0.630. The zero-order valence-corrected chi connectivity index (χ0v) is 11.4. The van der Waals surface area contributed by atoms with E-state index in [2.05, 4.69) is 17.6 Å². The maximum atomic E-state index is 11.6. The topological polar surface area (TPSA) is 76.4 Å². The number of carbonyl (C=O) groups excluding carboxylic acids is 1. The number of rotatable bonds is 8. The molecule has 5 heteroatoms. The number of amides is 2. The molecule has 4 N–H and O–H groups in total. The van der Waals surface area contributed by atoms with E-state index in [9.17, 15) is 4.79 Å². The van der Waals surface area contributed by atoms with Crippen LogP contribution < -0.4 is 16.4 Å². The Morgan fingerprint density at radius 2 is 2.00 bits per heavy atom. The first-order chi connectivity index (χ1) is 9.26. The van der Waals surface area contributed by atoms with Crippen LogP contribution in [0.3, 0.4) is 0 Å². The first-order valence-corrected chi connectivity index (χ1v) is 6.68. The Kier molecular flexibility index (Phi) is 7.62. The molecule has 0 atom stereocenters. The second-order valence-corrected chi connectivity index (χ2v) is 4.25. The number of carbonyl (C=O) groups is 1. The van der Waals surface area contributed by atoms with Gasteiger partial charge in [-0.25, -0.2) is 4.79 Å². The highest BCUT2D eigenvalue weighted by molar-refractivity contribution is 5.89. The molecule has 0 unspecified atom stereocenters. The lowest BCUT2D eigenvalue weighted by molar-refractivity contribution is 0.134. The molecule has 0 aromatic heterocycles. The molecule has 0 fully saturated rings. The Balaban J connectivity index is 2.16. The molecule has 0 bridgehead atoms. The van der Waals surface area contributed by atoms with Gasteiger partial charge in [-0.2, -0.15) is 0 Å². The molecular weight excluding hydrogens is 242 g/mol. The zero-order valence-electron chi connectivity index (χ0n) is 11.4. The van der Waals surface area contributed by atoms with E-state index in [-0.39, 0.29) is 6.03 Å². The van der Waals surface area contributed by atoms with Crippen LogP contribution in [0.25, 0.3) is 0 Å². The van der Waals surface area contributed by atoms with Crippen molar-refractivity contribution < 1.29 is 9.53 Å². The van der Waals surface area contributed by atoms with Gasteiger partial charge in [-0.1, -0.05) is 25.5 Å². The van der Waals surface area contributed by atoms with Gasteiger partial charge in [0.25, 0.3) is 0 Å². The van der Waals surface area contributed by atoms with Gasteiger partial charge in [0.1, 0.15) is 0 Å². The summed E-state index contributed by atoms with van der Waals surface area (Å²) in [6.45, 7) is 4.42. The number of nitrogens with two attached hydrogens (primary N) is 1. The maximum Gasteiger partial charge on any atom is 0.319 e. The van der Waals surface area contributed by atoms with E-state index >= 15 is 0 Å². The van der Waals surface area contributed by atoms with Crippen LogP contribution in [0.4, 0.5) is 10.5 Å². The van der Waals surface area contributed by atoms with E-state index in [4.69, 9.17) is 10.5 Å². The van der Waals surface area contributed by atoms with E-state index < -0.39 is 0 Å². The van der Waals surface area contributed by atoms with Crippen LogP contribution in [0.2, 0.25) is 0 Å². The fourth-order valence-corrected chi connectivity index (χ4v) is 1.48. The third-order valence-corrected chi connectivity index (χ3v) is 2.62. The summed E-state index contributed by atoms with van der Waals surface area (Å²) < 4.78 is 5.35. The summed E-state index contributed by atoms with van der Waals surface area (Å²) in [4.78, 5) is 11.6. The van der Waals surface area contributed by atoms with Gasteiger partial charge in [0.05, 0.1) is 6.61 Å². The molecule has 0 saturated heterocycles. The van der Waals surface area contributed by atoms with E-state index in [1.165, 1.54) is 0 Å². The highest BCUT2D eigenvalue weighted by Gasteiger charge is 2.00. The van der Waals surface area contributed by atoms with Gasteiger partial charge < -0.3 is 21.1 Å². The Labute approximate surface area is 114 Å². The fourth-order valence-electron chi connectivity index (χ4n) is 1.48. The highest BCUT2D eigenvalue weighted by Crippen LogP contribution is 2.08. The maximum absolute atomic E-state index is 11.6. The molecule has 1 rings (SSSR count). The lowest BCUT2D eigenvalue weighted by Crippen LogP contribution is -2.31. The fraction of sp³-hybridized carbons (Fsp3) is 0.500. The number of ether oxygens (including phenoxy) is 1. The minimum atomic E-state index is -0.223. The number of nitrogens with one attached hydrogen (secondary N) is 2. The van der Waals surface area contributed by atoms with Gasteiger partial charge in [-0.15, -0.1) is 0 Å². The molecule has 0 saturated carbocycles. The minimum absolute atomic E-state index is 0.223. The van der Waals surface area contributed by atoms with Crippen LogP contribution in [-0.4, -0.2) is 25.8 Å². The van der Waals surface area contributed by atoms with Crippen LogP contribution in [0.1, 0.15) is 25.3 Å². The van der Waals surface area contributed by atoms with Crippen molar-refractivity contribution in [3.8, 4) is 0 Å². The van der Waals surface area contributed by atoms with Gasteiger partial charge in [0, 0.05) is 25.4 Å². The van der Waals surface area contributed by atoms with Gasteiger partial charge >= 0.3 is 6.03 Å². The van der Waals surface area contributed by atoms with Crippen molar-refractivity contribution in [3.05, 3.63) is 29.8 Å². The summed E-state index contributed by atoms with van der Waals surface area (Å²) in [5.74, 6) is 0. The molecule has 0 radical (unpaired) electrons. The first-order valence-electron chi connectivity index (χ1n) is 6.68. The van der Waals surface area contributed by atoms with Crippen LogP contribution in [0, 0.1) is 0 Å². The molecule has 19 heavy (non-hydrogen) atoms. The van der Waals surface area contributed by atoms with Gasteiger partial charge in [-0.05, 0) is 24.1 Å². The average molecular weight is 265 g/mol. The van der Waals surface area contributed by atoms with Crippen LogP contribution >= 0.6 is 0 Å². The van der Waals surface area contributed by atoms with Crippen molar-refractivity contribution in [1.82, 2.24) is 5.32 Å². The number of hydrogen-bond acceptors (Lipinski definition) is 3. The van der Waals surface area contributed by atoms with Crippen LogP contribution in [0.5, 0.6) is 0 Å². The molecule has 0 aliphatic rings. The molecular formula is C14H23N3O2. The number of benzene rings is 1. The largest absolute Gasteiger partial charge is 0.380 e. The third kappa shape index (κ3) is 6.79. The summed E-state index contributed by atoms with van der Waals surface area (Å²) in [6, 6.07) is 7.23. The van der Waals surface area contributed by atoms with Crippen molar-refractivity contribution in [2.45, 2.75) is 26.3 Å². The van der Waals surface area contributed by atoms with Gasteiger partial charge in [0.2, 0.25) is 0 Å². The van der Waals surface area contributed by atoms with Crippen molar-refractivity contribution in [2.75, 3.05) is 25.1 Å². The predicted molar refractivity (Wildman–Crippen MR) is 77.1 cm³/mol. The van der Waals surface area contributed by atoms with Crippen molar-refractivity contribution in [1.29, 1.82) is 0 Å². The second kappa shape index (κ2) is 9.35. The normalized spacial score (nSPS) is 10.2. The Hall–Kier alpha value is -1.59. The zero-order chi connectivity index (χ0) is 13.9. The van der Waals surface area contributed by atoms with Crippen molar-refractivity contribution in [3.63, 3.8) is 0 Å². The number of hydrogen-bond donors (Lipinski definition) is 3. The smallest absolute Gasteiger partial charge is 0.319 e. The molecule has 0 aliphatic carbocycles. The monoisotopic (exact) mass is 265 g/mol. The van der Waals surface area contributed by atoms with E-state index in [1.807, 2.05) is 24.3 Å². The van der Waals surface area contributed by atoms with Crippen LogP contribution in [-0.2, 0) is 11.3 Å². The summed E-state index contributed by atoms with van der Waals surface area (Å²) in [7, 11) is 0. The highest BCUT2D eigenvalue weighted by atomic mass is 16.5. The Bertz CT molecular complexity index is 365. The second-order valence-electron chi connectivity index (χ2n) is 4.25. The molecule has 2 amide bonds. The molecule has 0 spiro atoms. The Morgan fingerprint density at radius 1 is 1.26 bits per heavy atom. The molecule has 0 heterocycles. The molecule has 1 aromatic rings. The first kappa shape index (κ1) is 15.5. The van der Waals surface area contributed by atoms with E-state index in [1.54, 1.807) is 0 Å². The molecule has 0 aliphatic heterocycles. The summed E-state index contributed by atoms with van der Waals surface area (Å²) in [6.07, 6.45) is 2.17. The van der Waals surface area contributed by atoms with Crippen LogP contribution in [0.15, 0.2) is 24.3 Å². The number of urea groups is 1. The molecule has 1 aromatic carbocycles. The molecule has 106 valence electrons. The third-order valence-electron chi connectivity index (χ3n) is 2.62. The van der Waals surface area contributed by atoms with Gasteiger partial charge in [0.15, 0.2) is 0 Å². The van der Waals surface area contributed by atoms with E-state index in [0.717, 1.165) is 30.7 Å². The minimum Gasteiger partial charge on any atom is -0.380 e. The SMILES string of the molecule is CCCCOCCNC(=O)Nc1ccc(CN)cc1. The summed E-state index contributed by atoms with van der Waals surface area (Å²) in [5, 5.41) is 5.49. The standard InChI is InChI=1S/C14H23N3O2/c1-2-3-9-19-10-8-16-14(18)17-13-6-4-12(11-15)5-7-13/h4-7H,2-3,8-11,15H2,1H3,(H2,16,17,18). The van der Waals surface area contributed by atoms with E-state index in [0.29, 0.717) is 19.7 Å². The van der Waals surface area contributed by atoms with Crippen molar-refractivity contribution >= 4 is 11.7 Å². The lowest BCUT2D eigenvalue weighted by atomic mass is 10.2. The summed E-state index contributed by atoms with van der Waals surface area (Å²) in [5.41, 5.74) is 7.29.